The Morgan fingerprint density at radius 2 is 1.62 bits per heavy atom. The highest BCUT2D eigenvalue weighted by Crippen LogP contribution is 2.14. The van der Waals surface area contributed by atoms with Crippen LogP contribution >= 0.6 is 0 Å². The molecule has 1 aromatic rings. The third-order valence-electron chi connectivity index (χ3n) is 2.88. The number of esters is 1. The molecule has 0 bridgehead atoms. The van der Waals surface area contributed by atoms with Crippen LogP contribution in [0.5, 0.6) is 5.75 Å². The van der Waals surface area contributed by atoms with Crippen LogP contribution in [0, 0.1) is 0 Å². The summed E-state index contributed by atoms with van der Waals surface area (Å²) in [5.41, 5.74) is 0.588. The molecule has 0 radical (unpaired) electrons. The first-order valence-electron chi connectivity index (χ1n) is 7.16. The molecule has 0 saturated carbocycles. The summed E-state index contributed by atoms with van der Waals surface area (Å²) < 4.78 is 10.3. The second-order valence-electron chi connectivity index (χ2n) is 5.97. The van der Waals surface area contributed by atoms with Crippen molar-refractivity contribution in [3.8, 4) is 5.75 Å². The van der Waals surface area contributed by atoms with Gasteiger partial charge in [-0.15, -0.1) is 0 Å². The molecule has 1 aromatic carbocycles. The molecule has 0 amide bonds. The Bertz CT molecular complexity index is 469. The summed E-state index contributed by atoms with van der Waals surface area (Å²) in [5, 5.41) is 0. The van der Waals surface area contributed by atoms with Gasteiger partial charge in [0.1, 0.15) is 17.1 Å². The van der Waals surface area contributed by atoms with E-state index in [-0.39, 0.29) is 24.6 Å². The monoisotopic (exact) mass is 292 g/mol. The lowest BCUT2D eigenvalue weighted by molar-refractivity contribution is -0.155. The third-order valence-corrected chi connectivity index (χ3v) is 2.88. The van der Waals surface area contributed by atoms with E-state index in [1.165, 1.54) is 0 Å². The topological polar surface area (TPSA) is 52.6 Å². The van der Waals surface area contributed by atoms with Crippen LogP contribution in [0.15, 0.2) is 24.3 Å². The summed E-state index contributed by atoms with van der Waals surface area (Å²) >= 11 is 0. The smallest absolute Gasteiger partial charge is 0.306 e. The van der Waals surface area contributed by atoms with Gasteiger partial charge in [-0.25, -0.2) is 0 Å². The number of aryl methyl sites for hydroxylation is 1. The molecule has 0 saturated heterocycles. The van der Waals surface area contributed by atoms with E-state index in [2.05, 4.69) is 0 Å². The van der Waals surface area contributed by atoms with Crippen LogP contribution in [0.3, 0.4) is 0 Å². The lowest BCUT2D eigenvalue weighted by atomic mass is 10.0. The van der Waals surface area contributed by atoms with Crippen LogP contribution < -0.4 is 4.74 Å². The predicted molar refractivity (Wildman–Crippen MR) is 81.4 cm³/mol. The molecule has 0 aromatic heterocycles. The highest BCUT2D eigenvalue weighted by Gasteiger charge is 2.16. The average Bonchev–Trinajstić information content (AvgIpc) is 2.41. The van der Waals surface area contributed by atoms with Crippen LogP contribution in [-0.4, -0.2) is 24.5 Å². The van der Waals surface area contributed by atoms with Crippen molar-refractivity contribution in [2.75, 3.05) is 7.11 Å². The summed E-state index contributed by atoms with van der Waals surface area (Å²) in [6, 6.07) is 7.64. The van der Waals surface area contributed by atoms with E-state index < -0.39 is 5.60 Å². The molecule has 21 heavy (non-hydrogen) atoms. The van der Waals surface area contributed by atoms with Crippen molar-refractivity contribution >= 4 is 11.8 Å². The zero-order valence-corrected chi connectivity index (χ0v) is 13.3. The molecule has 0 heterocycles. The fraction of sp³-hybridized carbons (Fsp3) is 0.529. The quantitative estimate of drug-likeness (QED) is 0.723. The number of hydrogen-bond acceptors (Lipinski definition) is 4. The van der Waals surface area contributed by atoms with Crippen LogP contribution in [-0.2, 0) is 20.7 Å². The van der Waals surface area contributed by atoms with E-state index in [0.29, 0.717) is 12.8 Å². The maximum Gasteiger partial charge on any atom is 0.306 e. The number of methoxy groups -OCH3 is 1. The van der Waals surface area contributed by atoms with Gasteiger partial charge in [0, 0.05) is 12.8 Å². The summed E-state index contributed by atoms with van der Waals surface area (Å²) in [5.74, 6) is 0.562. The van der Waals surface area contributed by atoms with Crippen LogP contribution in [0.4, 0.5) is 0 Å². The molecule has 0 unspecified atom stereocenters. The van der Waals surface area contributed by atoms with E-state index >= 15 is 0 Å². The Hall–Kier alpha value is -1.84. The van der Waals surface area contributed by atoms with E-state index in [0.717, 1.165) is 11.3 Å². The SMILES string of the molecule is COc1ccc(CCC(=O)CCC(=O)OC(C)(C)C)cc1. The minimum atomic E-state index is -0.497. The lowest BCUT2D eigenvalue weighted by Gasteiger charge is -2.19. The third kappa shape index (κ3) is 7.49. The van der Waals surface area contributed by atoms with Gasteiger partial charge in [0.2, 0.25) is 0 Å². The molecule has 0 aliphatic rings. The zero-order valence-electron chi connectivity index (χ0n) is 13.3. The van der Waals surface area contributed by atoms with Crippen molar-refractivity contribution in [2.24, 2.45) is 0 Å². The molecule has 0 aliphatic carbocycles. The largest absolute Gasteiger partial charge is 0.497 e. The molecule has 0 atom stereocenters. The normalized spacial score (nSPS) is 11.0. The van der Waals surface area contributed by atoms with Gasteiger partial charge in [0.25, 0.3) is 0 Å². The van der Waals surface area contributed by atoms with E-state index in [9.17, 15) is 9.59 Å². The molecule has 4 nitrogen and oxygen atoms in total. The van der Waals surface area contributed by atoms with E-state index in [1.54, 1.807) is 7.11 Å². The van der Waals surface area contributed by atoms with Crippen LogP contribution in [0.1, 0.15) is 45.6 Å². The minimum Gasteiger partial charge on any atom is -0.497 e. The van der Waals surface area contributed by atoms with Gasteiger partial charge in [-0.05, 0) is 44.9 Å². The number of carbonyl (C=O) groups is 2. The molecule has 0 N–H and O–H groups in total. The number of Topliss-reactive ketones (excluding diaryl/α,β-unsaturated/α-hetero) is 1. The molecule has 0 spiro atoms. The van der Waals surface area contributed by atoms with Gasteiger partial charge >= 0.3 is 5.97 Å². The average molecular weight is 292 g/mol. The lowest BCUT2D eigenvalue weighted by Crippen LogP contribution is -2.24. The standard InChI is InChI=1S/C17H24O4/c1-17(2,3)21-16(19)12-9-14(18)8-5-13-6-10-15(20-4)11-7-13/h6-7,10-11H,5,8-9,12H2,1-4H3. The first-order valence-corrected chi connectivity index (χ1v) is 7.16. The highest BCUT2D eigenvalue weighted by atomic mass is 16.6. The zero-order chi connectivity index (χ0) is 15.9. The van der Waals surface area contributed by atoms with Crippen molar-refractivity contribution in [3.05, 3.63) is 29.8 Å². The van der Waals surface area contributed by atoms with Crippen molar-refractivity contribution in [1.82, 2.24) is 0 Å². The van der Waals surface area contributed by atoms with Gasteiger partial charge in [-0.1, -0.05) is 12.1 Å². The van der Waals surface area contributed by atoms with Crippen molar-refractivity contribution in [3.63, 3.8) is 0 Å². The Morgan fingerprint density at radius 3 is 2.14 bits per heavy atom. The predicted octanol–water partition coefficient (Wildman–Crippen LogP) is 3.32. The minimum absolute atomic E-state index is 0.0803. The highest BCUT2D eigenvalue weighted by molar-refractivity contribution is 5.83. The first kappa shape index (κ1) is 17.2. The molecule has 116 valence electrons. The van der Waals surface area contributed by atoms with E-state index in [1.807, 2.05) is 45.0 Å². The van der Waals surface area contributed by atoms with Gasteiger partial charge in [0.15, 0.2) is 0 Å². The number of benzene rings is 1. The molecule has 4 heteroatoms. The summed E-state index contributed by atoms with van der Waals surface area (Å²) in [6.07, 6.45) is 1.51. The number of ketones is 1. The number of rotatable bonds is 7. The molecule has 0 aliphatic heterocycles. The maximum absolute atomic E-state index is 11.8. The van der Waals surface area contributed by atoms with Crippen LogP contribution in [0.2, 0.25) is 0 Å². The summed E-state index contributed by atoms with van der Waals surface area (Å²) in [6.45, 7) is 5.45. The van der Waals surface area contributed by atoms with Gasteiger partial charge in [0.05, 0.1) is 13.5 Å². The Labute approximate surface area is 126 Å². The maximum atomic E-state index is 11.8. The molecule has 1 rings (SSSR count). The van der Waals surface area contributed by atoms with Crippen molar-refractivity contribution in [1.29, 1.82) is 0 Å². The number of carbonyl (C=O) groups excluding carboxylic acids is 2. The van der Waals surface area contributed by atoms with E-state index in [4.69, 9.17) is 9.47 Å². The van der Waals surface area contributed by atoms with Gasteiger partial charge in [-0.3, -0.25) is 9.59 Å². The molecular weight excluding hydrogens is 268 g/mol. The van der Waals surface area contributed by atoms with Gasteiger partial charge < -0.3 is 9.47 Å². The summed E-state index contributed by atoms with van der Waals surface area (Å²) in [4.78, 5) is 23.3. The molecular formula is C17H24O4. The fourth-order valence-electron chi connectivity index (χ4n) is 1.83. The first-order chi connectivity index (χ1) is 9.80. The van der Waals surface area contributed by atoms with Crippen LogP contribution in [0.25, 0.3) is 0 Å². The number of hydrogen-bond donors (Lipinski definition) is 0. The Balaban J connectivity index is 2.29. The Kier molecular flexibility index (Phi) is 6.40. The second-order valence-corrected chi connectivity index (χ2v) is 5.97. The van der Waals surface area contributed by atoms with Gasteiger partial charge in [-0.2, -0.15) is 0 Å². The van der Waals surface area contributed by atoms with Crippen molar-refractivity contribution < 1.29 is 19.1 Å². The second kappa shape index (κ2) is 7.81. The Morgan fingerprint density at radius 1 is 1.00 bits per heavy atom. The molecule has 0 fully saturated rings. The summed E-state index contributed by atoms with van der Waals surface area (Å²) in [7, 11) is 1.62. The fourth-order valence-corrected chi connectivity index (χ4v) is 1.83. The van der Waals surface area contributed by atoms with Crippen molar-refractivity contribution in [2.45, 2.75) is 52.1 Å². The number of ether oxygens (including phenoxy) is 2.